The van der Waals surface area contributed by atoms with E-state index in [2.05, 4.69) is 51.3 Å². The highest BCUT2D eigenvalue weighted by atomic mass is 16.5. The highest BCUT2D eigenvalue weighted by Gasteiger charge is 2.22. The molecule has 0 aliphatic carbocycles. The molecule has 0 saturated carbocycles. The average Bonchev–Trinajstić information content (AvgIpc) is 2.61. The fourth-order valence-corrected chi connectivity index (χ4v) is 3.11. The van der Waals surface area contributed by atoms with Gasteiger partial charge in [-0.05, 0) is 37.1 Å². The van der Waals surface area contributed by atoms with Crippen LogP contribution in [-0.2, 0) is 11.3 Å². The first-order valence-electron chi connectivity index (χ1n) is 8.13. The zero-order valence-corrected chi connectivity index (χ0v) is 13.6. The Labute approximate surface area is 137 Å². The summed E-state index contributed by atoms with van der Waals surface area (Å²) >= 11 is 0. The Bertz CT molecular complexity index is 625. The van der Waals surface area contributed by atoms with Gasteiger partial charge in [-0.15, -0.1) is 0 Å². The highest BCUT2D eigenvalue weighted by molar-refractivity contribution is 5.54. The van der Waals surface area contributed by atoms with Crippen molar-refractivity contribution < 1.29 is 4.74 Å². The lowest BCUT2D eigenvalue weighted by Crippen LogP contribution is -2.34. The van der Waals surface area contributed by atoms with Crippen LogP contribution in [0.1, 0.15) is 30.0 Å². The van der Waals surface area contributed by atoms with Gasteiger partial charge in [-0.1, -0.05) is 30.3 Å². The maximum absolute atomic E-state index is 4.84. The van der Waals surface area contributed by atoms with E-state index in [1.807, 2.05) is 12.3 Å². The molecule has 1 atom stereocenters. The van der Waals surface area contributed by atoms with Gasteiger partial charge in [0.1, 0.15) is 0 Å². The summed E-state index contributed by atoms with van der Waals surface area (Å²) < 4.78 is 4.84. The molecule has 1 aliphatic heterocycles. The quantitative estimate of drug-likeness (QED) is 0.623. The molecule has 1 aromatic heterocycles. The number of pyridine rings is 1. The normalized spacial score (nSPS) is 19.1. The molecule has 4 heteroatoms. The molecule has 0 N–H and O–H groups in total. The van der Waals surface area contributed by atoms with E-state index in [1.165, 1.54) is 37.0 Å². The molecule has 3 rings (SSSR count). The Hall–Kier alpha value is -2.20. The van der Waals surface area contributed by atoms with Gasteiger partial charge in [-0.25, -0.2) is 4.99 Å². The van der Waals surface area contributed by atoms with E-state index in [1.54, 1.807) is 7.11 Å². The Morgan fingerprint density at radius 1 is 1.26 bits per heavy atom. The number of aromatic nitrogens is 1. The molecular weight excluding hydrogens is 286 g/mol. The molecule has 2 heterocycles. The van der Waals surface area contributed by atoms with Crippen LogP contribution in [0.4, 0.5) is 5.69 Å². The third-order valence-corrected chi connectivity index (χ3v) is 4.25. The molecule has 0 bridgehead atoms. The van der Waals surface area contributed by atoms with Crippen molar-refractivity contribution in [3.63, 3.8) is 0 Å². The molecule has 120 valence electrons. The second-order valence-electron chi connectivity index (χ2n) is 5.97. The maximum atomic E-state index is 4.84. The average molecular weight is 309 g/mol. The molecule has 23 heavy (non-hydrogen) atoms. The number of benzene rings is 1. The molecule has 1 fully saturated rings. The maximum Gasteiger partial charge on any atom is 0.174 e. The molecule has 0 amide bonds. The van der Waals surface area contributed by atoms with Crippen molar-refractivity contribution in [2.24, 2.45) is 4.99 Å². The smallest absolute Gasteiger partial charge is 0.174 e. The largest absolute Gasteiger partial charge is 0.486 e. The van der Waals surface area contributed by atoms with Gasteiger partial charge in [0.2, 0.25) is 0 Å². The van der Waals surface area contributed by atoms with Gasteiger partial charge in [0, 0.05) is 24.7 Å². The van der Waals surface area contributed by atoms with Crippen LogP contribution in [0.5, 0.6) is 0 Å². The fourth-order valence-electron chi connectivity index (χ4n) is 3.11. The minimum Gasteiger partial charge on any atom is -0.486 e. The number of hydrogen-bond acceptors (Lipinski definition) is 4. The van der Waals surface area contributed by atoms with Crippen LogP contribution < -0.4 is 0 Å². The lowest BCUT2D eigenvalue weighted by Gasteiger charge is -2.32. The minimum atomic E-state index is 0.507. The van der Waals surface area contributed by atoms with Crippen LogP contribution in [0.3, 0.4) is 0 Å². The van der Waals surface area contributed by atoms with Crippen LogP contribution in [0, 0.1) is 0 Å². The third kappa shape index (κ3) is 4.39. The van der Waals surface area contributed by atoms with Gasteiger partial charge in [-0.2, -0.15) is 0 Å². The zero-order chi connectivity index (χ0) is 15.9. The van der Waals surface area contributed by atoms with Gasteiger partial charge in [0.15, 0.2) is 6.40 Å². The number of rotatable bonds is 5. The number of nitrogens with zero attached hydrogens (tertiary/aromatic N) is 3. The lowest BCUT2D eigenvalue weighted by atomic mass is 9.94. The van der Waals surface area contributed by atoms with E-state index in [0.717, 1.165) is 18.8 Å². The predicted molar refractivity (Wildman–Crippen MR) is 93.1 cm³/mol. The van der Waals surface area contributed by atoms with Crippen LogP contribution in [0.2, 0.25) is 0 Å². The summed E-state index contributed by atoms with van der Waals surface area (Å²) in [6.07, 6.45) is 5.68. The summed E-state index contributed by atoms with van der Waals surface area (Å²) in [7, 11) is 1.59. The van der Waals surface area contributed by atoms with Gasteiger partial charge in [0.25, 0.3) is 0 Å². The van der Waals surface area contributed by atoms with Gasteiger partial charge in [0.05, 0.1) is 19.0 Å². The highest BCUT2D eigenvalue weighted by Crippen LogP contribution is 2.27. The van der Waals surface area contributed by atoms with Crippen molar-refractivity contribution in [3.8, 4) is 0 Å². The Morgan fingerprint density at radius 2 is 2.13 bits per heavy atom. The van der Waals surface area contributed by atoms with Crippen LogP contribution in [0.25, 0.3) is 0 Å². The van der Waals surface area contributed by atoms with Crippen molar-refractivity contribution in [1.82, 2.24) is 9.88 Å². The standard InChI is InChI=1S/C19H23N3O/c1-23-15-21-18-9-10-19(20-12-18)17-8-5-11-22(14-17)13-16-6-3-2-4-7-16/h2-4,6-7,9-10,12,15,17H,5,8,11,13-14H2,1H3. The summed E-state index contributed by atoms with van der Waals surface area (Å²) in [6, 6.07) is 14.8. The third-order valence-electron chi connectivity index (χ3n) is 4.25. The van der Waals surface area contributed by atoms with Crippen molar-refractivity contribution >= 4 is 12.1 Å². The molecule has 1 aliphatic rings. The first-order chi connectivity index (χ1) is 11.3. The SMILES string of the molecule is COC=Nc1ccc(C2CCCN(Cc3ccccc3)C2)nc1. The van der Waals surface area contributed by atoms with Crippen LogP contribution >= 0.6 is 0 Å². The number of ether oxygens (including phenoxy) is 1. The van der Waals surface area contributed by atoms with Crippen LogP contribution in [0.15, 0.2) is 53.7 Å². The predicted octanol–water partition coefficient (Wildman–Crippen LogP) is 3.77. The summed E-state index contributed by atoms with van der Waals surface area (Å²) in [6.45, 7) is 3.26. The second-order valence-corrected chi connectivity index (χ2v) is 5.97. The first kappa shape index (κ1) is 15.7. The Kier molecular flexibility index (Phi) is 5.37. The van der Waals surface area contributed by atoms with E-state index in [4.69, 9.17) is 4.74 Å². The lowest BCUT2D eigenvalue weighted by molar-refractivity contribution is 0.198. The first-order valence-corrected chi connectivity index (χ1v) is 8.13. The summed E-state index contributed by atoms with van der Waals surface area (Å²) in [5.74, 6) is 0.507. The van der Waals surface area contributed by atoms with Gasteiger partial charge in [-0.3, -0.25) is 9.88 Å². The minimum absolute atomic E-state index is 0.507. The van der Waals surface area contributed by atoms with Gasteiger partial charge < -0.3 is 4.74 Å². The van der Waals surface area contributed by atoms with Crippen molar-refractivity contribution in [2.45, 2.75) is 25.3 Å². The molecule has 0 spiro atoms. The number of methoxy groups -OCH3 is 1. The Morgan fingerprint density at radius 3 is 2.87 bits per heavy atom. The van der Waals surface area contributed by atoms with E-state index < -0.39 is 0 Å². The monoisotopic (exact) mass is 309 g/mol. The zero-order valence-electron chi connectivity index (χ0n) is 13.6. The molecule has 2 aromatic rings. The summed E-state index contributed by atoms with van der Waals surface area (Å²) in [5, 5.41) is 0. The molecule has 1 aromatic carbocycles. The van der Waals surface area contributed by atoms with E-state index in [-0.39, 0.29) is 0 Å². The number of likely N-dealkylation sites (tertiary alicyclic amines) is 1. The topological polar surface area (TPSA) is 37.7 Å². The summed E-state index contributed by atoms with van der Waals surface area (Å²) in [4.78, 5) is 11.3. The summed E-state index contributed by atoms with van der Waals surface area (Å²) in [5.41, 5.74) is 3.37. The van der Waals surface area contributed by atoms with Crippen LogP contribution in [-0.4, -0.2) is 36.5 Å². The van der Waals surface area contributed by atoms with Gasteiger partial charge >= 0.3 is 0 Å². The van der Waals surface area contributed by atoms with E-state index in [9.17, 15) is 0 Å². The second kappa shape index (κ2) is 7.88. The number of hydrogen-bond donors (Lipinski definition) is 0. The molecular formula is C19H23N3O. The van der Waals surface area contributed by atoms with Crippen molar-refractivity contribution in [3.05, 3.63) is 59.9 Å². The fraction of sp³-hybridized carbons (Fsp3) is 0.368. The molecule has 0 radical (unpaired) electrons. The van der Waals surface area contributed by atoms with Crippen molar-refractivity contribution in [2.75, 3.05) is 20.2 Å². The molecule has 4 nitrogen and oxygen atoms in total. The molecule has 1 saturated heterocycles. The Balaban J connectivity index is 1.62. The number of aliphatic imine (C=N–C) groups is 1. The number of piperidine rings is 1. The molecule has 1 unspecified atom stereocenters. The van der Waals surface area contributed by atoms with Crippen molar-refractivity contribution in [1.29, 1.82) is 0 Å². The van der Waals surface area contributed by atoms with E-state index in [0.29, 0.717) is 5.92 Å². The van der Waals surface area contributed by atoms with E-state index >= 15 is 0 Å².